The standard InChI is InChI=1S/C20H25IN4O2.2ClH/c21-17-13-15(20(24)25)7-10-18(17)27-12-4-2-1-3-11-26-16-8-5-14(6-9-16)19(22)23;;/h5-10,13H,1-4,11-12H2,(H3,22,23)(H3,24,25);2*1H. The Bertz CT molecular complexity index is 789. The average Bonchev–Trinajstić information content (AvgIpc) is 2.65. The van der Waals surface area contributed by atoms with Crippen molar-refractivity contribution in [3.8, 4) is 11.5 Å². The van der Waals surface area contributed by atoms with Crippen LogP contribution in [0.15, 0.2) is 42.5 Å². The van der Waals surface area contributed by atoms with E-state index in [9.17, 15) is 0 Å². The van der Waals surface area contributed by atoms with Crippen LogP contribution in [0.2, 0.25) is 0 Å². The Kier molecular flexibility index (Phi) is 13.5. The van der Waals surface area contributed by atoms with E-state index in [0.717, 1.165) is 40.8 Å². The smallest absolute Gasteiger partial charge is 0.132 e. The Morgan fingerprint density at radius 3 is 1.79 bits per heavy atom. The second kappa shape index (κ2) is 14.3. The molecule has 0 bridgehead atoms. The third kappa shape index (κ3) is 9.56. The lowest BCUT2D eigenvalue weighted by Gasteiger charge is -2.10. The van der Waals surface area contributed by atoms with Crippen molar-refractivity contribution in [3.05, 3.63) is 57.2 Å². The molecular weight excluding hydrogens is 526 g/mol. The zero-order chi connectivity index (χ0) is 19.6. The van der Waals surface area contributed by atoms with Crippen molar-refractivity contribution in [2.45, 2.75) is 25.7 Å². The van der Waals surface area contributed by atoms with Crippen molar-refractivity contribution >= 4 is 59.1 Å². The molecule has 6 nitrogen and oxygen atoms in total. The number of halogens is 3. The Hall–Kier alpha value is -1.71. The second-order valence-corrected chi connectivity index (χ2v) is 7.27. The van der Waals surface area contributed by atoms with Crippen LogP contribution in [-0.4, -0.2) is 24.9 Å². The summed E-state index contributed by atoms with van der Waals surface area (Å²) in [6, 6.07) is 12.8. The van der Waals surface area contributed by atoms with Gasteiger partial charge in [0, 0.05) is 11.1 Å². The van der Waals surface area contributed by atoms with E-state index in [1.54, 1.807) is 18.2 Å². The van der Waals surface area contributed by atoms with E-state index in [-0.39, 0.29) is 36.5 Å². The van der Waals surface area contributed by atoms with E-state index < -0.39 is 0 Å². The minimum absolute atomic E-state index is 0. The monoisotopic (exact) mass is 552 g/mol. The number of ether oxygens (including phenoxy) is 2. The van der Waals surface area contributed by atoms with Crippen LogP contribution in [0.1, 0.15) is 36.8 Å². The quantitative estimate of drug-likeness (QED) is 0.139. The maximum absolute atomic E-state index is 7.44. The van der Waals surface area contributed by atoms with Crippen LogP contribution >= 0.6 is 47.4 Å². The largest absolute Gasteiger partial charge is 0.494 e. The predicted molar refractivity (Wildman–Crippen MR) is 132 cm³/mol. The van der Waals surface area contributed by atoms with Crippen molar-refractivity contribution < 1.29 is 9.47 Å². The minimum Gasteiger partial charge on any atom is -0.494 e. The number of nitrogens with two attached hydrogens (primary N) is 2. The fourth-order valence-corrected chi connectivity index (χ4v) is 3.12. The van der Waals surface area contributed by atoms with E-state index in [1.165, 1.54) is 0 Å². The molecule has 9 heteroatoms. The van der Waals surface area contributed by atoms with E-state index in [2.05, 4.69) is 22.6 Å². The van der Waals surface area contributed by atoms with Gasteiger partial charge in [-0.3, -0.25) is 10.8 Å². The molecule has 160 valence electrons. The number of nitrogen functional groups attached to an aromatic ring is 2. The molecule has 0 radical (unpaired) electrons. The molecule has 6 N–H and O–H groups in total. The van der Waals surface area contributed by atoms with Gasteiger partial charge in [-0.25, -0.2) is 0 Å². The molecule has 29 heavy (non-hydrogen) atoms. The highest BCUT2D eigenvalue weighted by Gasteiger charge is 2.04. The highest BCUT2D eigenvalue weighted by Crippen LogP contribution is 2.22. The van der Waals surface area contributed by atoms with Gasteiger partial charge >= 0.3 is 0 Å². The molecule has 0 saturated heterocycles. The van der Waals surface area contributed by atoms with Crippen LogP contribution < -0.4 is 20.9 Å². The Morgan fingerprint density at radius 1 is 0.759 bits per heavy atom. The molecule has 0 saturated carbocycles. The number of nitrogens with one attached hydrogen (secondary N) is 2. The van der Waals surface area contributed by atoms with Crippen LogP contribution in [0.4, 0.5) is 0 Å². The molecule has 2 aromatic carbocycles. The lowest BCUT2D eigenvalue weighted by Crippen LogP contribution is -2.11. The lowest BCUT2D eigenvalue weighted by molar-refractivity contribution is 0.286. The number of hydrogen-bond donors (Lipinski definition) is 4. The topological polar surface area (TPSA) is 118 Å². The van der Waals surface area contributed by atoms with Crippen LogP contribution in [0.3, 0.4) is 0 Å². The third-order valence-corrected chi connectivity index (χ3v) is 4.82. The molecule has 0 amide bonds. The zero-order valence-electron chi connectivity index (χ0n) is 15.9. The Labute approximate surface area is 197 Å². The summed E-state index contributed by atoms with van der Waals surface area (Å²) in [5.74, 6) is 1.76. The van der Waals surface area contributed by atoms with E-state index in [4.69, 9.17) is 31.8 Å². The minimum atomic E-state index is 0. The van der Waals surface area contributed by atoms with Gasteiger partial charge in [0.25, 0.3) is 0 Å². The first kappa shape index (κ1) is 27.3. The highest BCUT2D eigenvalue weighted by atomic mass is 127. The third-order valence-electron chi connectivity index (χ3n) is 3.97. The first-order valence-electron chi connectivity index (χ1n) is 8.81. The summed E-state index contributed by atoms with van der Waals surface area (Å²) in [4.78, 5) is 0. The number of rotatable bonds is 11. The van der Waals surface area contributed by atoms with Crippen LogP contribution in [0.5, 0.6) is 11.5 Å². The molecule has 2 aromatic rings. The van der Waals surface area contributed by atoms with Crippen molar-refractivity contribution in [2.24, 2.45) is 11.5 Å². The number of benzene rings is 2. The average molecular weight is 553 g/mol. The van der Waals surface area contributed by atoms with Crippen molar-refractivity contribution in [1.82, 2.24) is 0 Å². The van der Waals surface area contributed by atoms with Crippen LogP contribution in [-0.2, 0) is 0 Å². The maximum Gasteiger partial charge on any atom is 0.132 e. The van der Waals surface area contributed by atoms with Crippen molar-refractivity contribution in [1.29, 1.82) is 10.8 Å². The first-order chi connectivity index (χ1) is 13.0. The molecule has 0 aromatic heterocycles. The van der Waals surface area contributed by atoms with E-state index in [1.807, 2.05) is 24.3 Å². The second-order valence-electron chi connectivity index (χ2n) is 6.11. The van der Waals surface area contributed by atoms with Gasteiger partial charge < -0.3 is 20.9 Å². The first-order valence-corrected chi connectivity index (χ1v) is 9.89. The van der Waals surface area contributed by atoms with Gasteiger partial charge in [-0.05, 0) is 90.7 Å². The molecule has 0 heterocycles. The van der Waals surface area contributed by atoms with Gasteiger partial charge in [0.05, 0.1) is 16.8 Å². The van der Waals surface area contributed by atoms with E-state index in [0.29, 0.717) is 24.3 Å². The molecule has 0 aliphatic carbocycles. The molecule has 0 spiro atoms. The normalized spacial score (nSPS) is 9.69. The summed E-state index contributed by atoms with van der Waals surface area (Å²) in [6.07, 6.45) is 4.13. The summed E-state index contributed by atoms with van der Waals surface area (Å²) in [5, 5.41) is 14.8. The molecule has 0 unspecified atom stereocenters. The highest BCUT2D eigenvalue weighted by molar-refractivity contribution is 14.1. The van der Waals surface area contributed by atoms with Gasteiger partial charge in [0.1, 0.15) is 23.2 Å². The molecule has 0 aliphatic heterocycles. The molecular formula is C20H27Cl2IN4O2. The molecule has 0 aliphatic rings. The molecule has 0 atom stereocenters. The Balaban J connectivity index is 0.00000392. The predicted octanol–water partition coefficient (Wildman–Crippen LogP) is 4.72. The summed E-state index contributed by atoms with van der Waals surface area (Å²) < 4.78 is 12.5. The summed E-state index contributed by atoms with van der Waals surface area (Å²) in [7, 11) is 0. The van der Waals surface area contributed by atoms with Gasteiger partial charge in [-0.1, -0.05) is 0 Å². The molecule has 2 rings (SSSR count). The fraction of sp³-hybridized carbons (Fsp3) is 0.300. The van der Waals surface area contributed by atoms with Crippen LogP contribution in [0.25, 0.3) is 0 Å². The zero-order valence-corrected chi connectivity index (χ0v) is 19.7. The van der Waals surface area contributed by atoms with Gasteiger partial charge in [0.2, 0.25) is 0 Å². The van der Waals surface area contributed by atoms with Crippen LogP contribution in [0, 0.1) is 14.4 Å². The van der Waals surface area contributed by atoms with Crippen molar-refractivity contribution in [2.75, 3.05) is 13.2 Å². The number of unbranched alkanes of at least 4 members (excludes halogenated alkanes) is 3. The summed E-state index contributed by atoms with van der Waals surface area (Å²) in [6.45, 7) is 1.34. The molecule has 0 fully saturated rings. The summed E-state index contributed by atoms with van der Waals surface area (Å²) in [5.41, 5.74) is 12.3. The van der Waals surface area contributed by atoms with Gasteiger partial charge in [-0.15, -0.1) is 24.8 Å². The number of hydrogen-bond acceptors (Lipinski definition) is 4. The van der Waals surface area contributed by atoms with Gasteiger partial charge in [-0.2, -0.15) is 0 Å². The summed E-state index contributed by atoms with van der Waals surface area (Å²) >= 11 is 2.20. The van der Waals surface area contributed by atoms with E-state index >= 15 is 0 Å². The number of amidine groups is 2. The lowest BCUT2D eigenvalue weighted by atomic mass is 10.2. The van der Waals surface area contributed by atoms with Gasteiger partial charge in [0.15, 0.2) is 0 Å². The SMILES string of the molecule is Cl.Cl.N=C(N)c1ccc(OCCCCCCOc2ccc(C(=N)N)cc2I)cc1. The maximum atomic E-state index is 7.44. The van der Waals surface area contributed by atoms with Crippen molar-refractivity contribution in [3.63, 3.8) is 0 Å². The Morgan fingerprint density at radius 2 is 1.28 bits per heavy atom. The fourth-order valence-electron chi connectivity index (χ4n) is 2.45.